The molecule has 0 amide bonds. The van der Waals surface area contributed by atoms with Crippen LogP contribution in [0.4, 0.5) is 0 Å². The summed E-state index contributed by atoms with van der Waals surface area (Å²) in [5.74, 6) is 1.44. The molecule has 0 saturated carbocycles. The summed E-state index contributed by atoms with van der Waals surface area (Å²) < 4.78 is 11.0. The Labute approximate surface area is 96.0 Å². The first-order chi connectivity index (χ1) is 7.47. The minimum Gasteiger partial charge on any atom is -0.487 e. The molecule has 1 unspecified atom stereocenters. The lowest BCUT2D eigenvalue weighted by atomic mass is 9.87. The molecule has 0 radical (unpaired) electrons. The molecule has 0 spiro atoms. The van der Waals surface area contributed by atoms with Gasteiger partial charge in [0, 0.05) is 0 Å². The third-order valence-corrected chi connectivity index (χ3v) is 2.67. The van der Waals surface area contributed by atoms with Crippen LogP contribution >= 0.6 is 0 Å². The zero-order chi connectivity index (χ0) is 11.8. The Morgan fingerprint density at radius 2 is 1.75 bits per heavy atom. The van der Waals surface area contributed by atoms with Gasteiger partial charge in [-0.1, -0.05) is 26.8 Å². The lowest BCUT2D eigenvalue weighted by molar-refractivity contribution is 0.0802. The molecule has 1 heterocycles. The van der Waals surface area contributed by atoms with Crippen LogP contribution in [-0.4, -0.2) is 24.4 Å². The van der Waals surface area contributed by atoms with Crippen molar-refractivity contribution in [3.05, 3.63) is 23.8 Å². The van der Waals surface area contributed by atoms with Crippen molar-refractivity contribution >= 4 is 0 Å². The molecule has 0 aliphatic carbocycles. The first-order valence-corrected chi connectivity index (χ1v) is 5.55. The minimum atomic E-state index is -0.550. The van der Waals surface area contributed by atoms with Crippen molar-refractivity contribution in [1.82, 2.24) is 0 Å². The van der Waals surface area contributed by atoms with Crippen molar-refractivity contribution in [3.8, 4) is 11.5 Å². The Hall–Kier alpha value is -1.22. The summed E-state index contributed by atoms with van der Waals surface area (Å²) in [4.78, 5) is 0. The quantitative estimate of drug-likeness (QED) is 0.730. The average molecular weight is 222 g/mol. The van der Waals surface area contributed by atoms with Crippen molar-refractivity contribution in [3.63, 3.8) is 0 Å². The van der Waals surface area contributed by atoms with Crippen molar-refractivity contribution in [2.45, 2.75) is 32.3 Å². The van der Waals surface area contributed by atoms with Crippen LogP contribution in [0.1, 0.15) is 26.3 Å². The monoisotopic (exact) mass is 222 g/mol. The van der Waals surface area contributed by atoms with Crippen LogP contribution in [0.2, 0.25) is 0 Å². The van der Waals surface area contributed by atoms with Gasteiger partial charge in [-0.2, -0.15) is 0 Å². The molecule has 2 rings (SSSR count). The summed E-state index contributed by atoms with van der Waals surface area (Å²) in [5.41, 5.74) is 1.29. The highest BCUT2D eigenvalue weighted by molar-refractivity contribution is 5.45. The Balaban J connectivity index is 2.32. The number of ether oxygens (including phenoxy) is 2. The summed E-state index contributed by atoms with van der Waals surface area (Å²) in [7, 11) is 0. The van der Waals surface area contributed by atoms with Crippen LogP contribution in [-0.2, 0) is 5.41 Å². The van der Waals surface area contributed by atoms with Crippen molar-refractivity contribution < 1.29 is 14.6 Å². The van der Waals surface area contributed by atoms with Gasteiger partial charge in [-0.05, 0) is 23.1 Å². The molecule has 1 aliphatic heterocycles. The molecule has 1 aromatic carbocycles. The van der Waals surface area contributed by atoms with Gasteiger partial charge >= 0.3 is 0 Å². The number of aliphatic hydroxyl groups excluding tert-OH is 1. The summed E-state index contributed by atoms with van der Waals surface area (Å²) in [6.45, 7) is 7.05. The van der Waals surface area contributed by atoms with E-state index in [-0.39, 0.29) is 5.41 Å². The van der Waals surface area contributed by atoms with E-state index in [4.69, 9.17) is 9.47 Å². The van der Waals surface area contributed by atoms with Gasteiger partial charge in [0.15, 0.2) is 11.5 Å². The van der Waals surface area contributed by atoms with E-state index in [2.05, 4.69) is 20.8 Å². The largest absolute Gasteiger partial charge is 0.487 e. The van der Waals surface area contributed by atoms with Crippen molar-refractivity contribution in [2.75, 3.05) is 13.2 Å². The molecular formula is C13H18O3. The van der Waals surface area contributed by atoms with Crippen molar-refractivity contribution in [2.24, 2.45) is 0 Å². The van der Waals surface area contributed by atoms with Crippen molar-refractivity contribution in [1.29, 1.82) is 0 Å². The minimum absolute atomic E-state index is 0.0866. The fourth-order valence-corrected chi connectivity index (χ4v) is 1.63. The highest BCUT2D eigenvalue weighted by atomic mass is 16.5. The summed E-state index contributed by atoms with van der Waals surface area (Å²) in [5, 5.41) is 9.44. The van der Waals surface area contributed by atoms with Crippen LogP contribution in [0, 0.1) is 0 Å². The van der Waals surface area contributed by atoms with Crippen LogP contribution in [0.5, 0.6) is 11.5 Å². The number of benzene rings is 1. The molecule has 1 aromatic rings. The number of fused-ring (bicyclic) bond motifs is 1. The molecule has 0 fully saturated rings. The third-order valence-electron chi connectivity index (χ3n) is 2.67. The van der Waals surface area contributed by atoms with E-state index in [1.807, 2.05) is 18.2 Å². The second kappa shape index (κ2) is 3.98. The van der Waals surface area contributed by atoms with Gasteiger partial charge < -0.3 is 14.6 Å². The van der Waals surface area contributed by atoms with E-state index >= 15 is 0 Å². The molecule has 3 nitrogen and oxygen atoms in total. The topological polar surface area (TPSA) is 38.7 Å². The number of rotatable bonds is 0. The summed E-state index contributed by atoms with van der Waals surface area (Å²) in [6, 6.07) is 5.95. The second-order valence-electron chi connectivity index (χ2n) is 5.19. The van der Waals surface area contributed by atoms with Gasteiger partial charge in [-0.3, -0.25) is 0 Å². The van der Waals surface area contributed by atoms with Crippen LogP contribution in [0.3, 0.4) is 0 Å². The summed E-state index contributed by atoms with van der Waals surface area (Å²) >= 11 is 0. The van der Waals surface area contributed by atoms with Gasteiger partial charge in [-0.25, -0.2) is 0 Å². The van der Waals surface area contributed by atoms with Gasteiger partial charge in [0.25, 0.3) is 0 Å². The molecule has 0 saturated heterocycles. The molecule has 1 N–H and O–H groups in total. The Bertz CT molecular complexity index is 379. The normalized spacial score (nSPS) is 20.4. The van der Waals surface area contributed by atoms with Crippen LogP contribution < -0.4 is 9.47 Å². The van der Waals surface area contributed by atoms with Gasteiger partial charge in [-0.15, -0.1) is 0 Å². The van der Waals surface area contributed by atoms with E-state index in [9.17, 15) is 5.11 Å². The van der Waals surface area contributed by atoms with Gasteiger partial charge in [0.1, 0.15) is 19.3 Å². The molecule has 0 aromatic heterocycles. The smallest absolute Gasteiger partial charge is 0.161 e. The zero-order valence-electron chi connectivity index (χ0n) is 9.99. The SMILES string of the molecule is CC(C)(C)c1ccc2c(c1)OCC(O)CO2. The van der Waals surface area contributed by atoms with Crippen LogP contribution in [0.25, 0.3) is 0 Å². The molecule has 0 bridgehead atoms. The number of hydrogen-bond donors (Lipinski definition) is 1. The van der Waals surface area contributed by atoms with E-state index in [1.54, 1.807) is 0 Å². The zero-order valence-corrected chi connectivity index (χ0v) is 9.99. The molecule has 1 atom stereocenters. The van der Waals surface area contributed by atoms with E-state index in [0.29, 0.717) is 19.0 Å². The van der Waals surface area contributed by atoms with Crippen LogP contribution in [0.15, 0.2) is 18.2 Å². The predicted molar refractivity (Wildman–Crippen MR) is 62.1 cm³/mol. The Morgan fingerprint density at radius 1 is 1.12 bits per heavy atom. The fourth-order valence-electron chi connectivity index (χ4n) is 1.63. The maximum Gasteiger partial charge on any atom is 0.161 e. The maximum atomic E-state index is 9.44. The molecule has 1 aliphatic rings. The van der Waals surface area contributed by atoms with E-state index in [1.165, 1.54) is 5.56 Å². The lowest BCUT2D eigenvalue weighted by Gasteiger charge is -2.20. The molecule has 88 valence electrons. The maximum absolute atomic E-state index is 9.44. The molecule has 16 heavy (non-hydrogen) atoms. The predicted octanol–water partition coefficient (Wildman–Crippen LogP) is 2.12. The number of hydrogen-bond acceptors (Lipinski definition) is 3. The highest BCUT2D eigenvalue weighted by Gasteiger charge is 2.20. The first-order valence-electron chi connectivity index (χ1n) is 5.55. The fraction of sp³-hybridized carbons (Fsp3) is 0.538. The van der Waals surface area contributed by atoms with Gasteiger partial charge in [0.2, 0.25) is 0 Å². The Morgan fingerprint density at radius 3 is 2.38 bits per heavy atom. The summed E-state index contributed by atoms with van der Waals surface area (Å²) in [6.07, 6.45) is -0.550. The molecule has 3 heteroatoms. The lowest BCUT2D eigenvalue weighted by Crippen LogP contribution is -2.21. The third kappa shape index (κ3) is 2.30. The van der Waals surface area contributed by atoms with Gasteiger partial charge in [0.05, 0.1) is 0 Å². The second-order valence-corrected chi connectivity index (χ2v) is 5.19. The number of aliphatic hydroxyl groups is 1. The highest BCUT2D eigenvalue weighted by Crippen LogP contribution is 2.34. The Kier molecular flexibility index (Phi) is 2.80. The van der Waals surface area contributed by atoms with E-state index in [0.717, 1.165) is 5.75 Å². The standard InChI is InChI=1S/C13H18O3/c1-13(2,3)9-4-5-11-12(6-9)16-8-10(14)7-15-11/h4-6,10,14H,7-8H2,1-3H3. The first kappa shape index (κ1) is 11.3. The molecular weight excluding hydrogens is 204 g/mol. The van der Waals surface area contributed by atoms with E-state index < -0.39 is 6.10 Å². The average Bonchev–Trinajstić information content (AvgIpc) is 2.39.